The van der Waals surface area contributed by atoms with Crippen molar-refractivity contribution in [3.63, 3.8) is 0 Å². The number of carbonyl (C=O) groups excluding carboxylic acids is 1. The molecule has 1 rings (SSSR count). The number of nitrogens with two attached hydrogens (primary N) is 1. The molecule has 0 spiro atoms. The van der Waals surface area contributed by atoms with Gasteiger partial charge in [0.2, 0.25) is 0 Å². The summed E-state index contributed by atoms with van der Waals surface area (Å²) >= 11 is 0. The van der Waals surface area contributed by atoms with Crippen LogP contribution in [0.5, 0.6) is 0 Å². The topological polar surface area (TPSA) is 45.7 Å². The first-order valence-electron chi connectivity index (χ1n) is 3.53. The molecule has 0 bridgehead atoms. The van der Waals surface area contributed by atoms with E-state index < -0.39 is 0 Å². The van der Waals surface area contributed by atoms with Gasteiger partial charge in [-0.2, -0.15) is 0 Å². The van der Waals surface area contributed by atoms with Crippen molar-refractivity contribution in [1.82, 2.24) is 5.32 Å². The Hall–Kier alpha value is 0.390. The Bertz CT molecular complexity index is 162. The van der Waals surface area contributed by atoms with Crippen molar-refractivity contribution in [2.45, 2.75) is 38.8 Å². The Morgan fingerprint density at radius 2 is 1.58 bits per heavy atom. The third-order valence-electron chi connectivity index (χ3n) is 2.54. The third-order valence-corrected chi connectivity index (χ3v) is 2.54. The Morgan fingerprint density at radius 3 is 1.67 bits per heavy atom. The van der Waals surface area contributed by atoms with Crippen LogP contribution in [0.2, 0.25) is 0 Å². The van der Waals surface area contributed by atoms with Crippen molar-refractivity contribution in [3.8, 4) is 0 Å². The fourth-order valence-electron chi connectivity index (χ4n) is 1.01. The molecule has 1 aliphatic rings. The van der Waals surface area contributed by atoms with Crippen LogP contribution in [-0.4, -0.2) is 17.1 Å². The van der Waals surface area contributed by atoms with E-state index in [1.807, 2.05) is 13.8 Å². The van der Waals surface area contributed by atoms with Gasteiger partial charge in [-0.05, 0) is 27.7 Å². The van der Waals surface area contributed by atoms with E-state index in [0.717, 1.165) is 0 Å². The van der Waals surface area contributed by atoms with Crippen LogP contribution in [0.3, 0.4) is 0 Å². The molecule has 0 radical (unpaired) electrons. The van der Waals surface area contributed by atoms with Gasteiger partial charge in [0.25, 0.3) is 0 Å². The highest BCUT2D eigenvalue weighted by atomic mass is 79.9. The SMILES string of the molecule is CC1(C)NC(=O)[NH2+]C1(C)C.[Br-].[Br-]. The summed E-state index contributed by atoms with van der Waals surface area (Å²) in [5.74, 6) is 0. The molecule has 1 heterocycles. The van der Waals surface area contributed by atoms with Gasteiger partial charge in [0, 0.05) is 0 Å². The maximum atomic E-state index is 10.9. The van der Waals surface area contributed by atoms with Crippen LogP contribution in [0.25, 0.3) is 0 Å². The van der Waals surface area contributed by atoms with Crippen molar-refractivity contribution in [2.75, 3.05) is 0 Å². The standard InChI is InChI=1S/C7H14N2O.2BrH/c1-6(2)7(3,4)9-5(10)8-6;;/h1-4H3,(H2,8,9,10);2*1H/p-1. The molecule has 0 aliphatic carbocycles. The number of hydrogen-bond acceptors (Lipinski definition) is 1. The van der Waals surface area contributed by atoms with E-state index in [9.17, 15) is 4.79 Å². The second-order valence-electron chi connectivity index (χ2n) is 3.98. The molecule has 1 saturated heterocycles. The second kappa shape index (κ2) is 4.07. The number of halogens is 2. The normalized spacial score (nSPS) is 23.5. The van der Waals surface area contributed by atoms with Crippen molar-refractivity contribution >= 4 is 6.03 Å². The van der Waals surface area contributed by atoms with E-state index in [1.54, 1.807) is 5.32 Å². The highest BCUT2D eigenvalue weighted by molar-refractivity contribution is 5.67. The van der Waals surface area contributed by atoms with Crippen LogP contribution in [0.4, 0.5) is 4.79 Å². The van der Waals surface area contributed by atoms with E-state index in [4.69, 9.17) is 0 Å². The lowest BCUT2D eigenvalue weighted by molar-refractivity contribution is -0.621. The number of primary amides is 1. The van der Waals surface area contributed by atoms with Crippen LogP contribution in [-0.2, 0) is 0 Å². The quantitative estimate of drug-likeness (QED) is 0.460. The average Bonchev–Trinajstić information content (AvgIpc) is 1.73. The lowest BCUT2D eigenvalue weighted by Gasteiger charge is -2.28. The molecule has 2 amide bonds. The molecule has 0 aromatic carbocycles. The largest absolute Gasteiger partial charge is 1.00 e. The molecule has 3 N–H and O–H groups in total. The number of carbonyl (C=O) groups is 1. The number of hydrogen-bond donors (Lipinski definition) is 2. The van der Waals surface area contributed by atoms with Gasteiger partial charge in [0.1, 0.15) is 5.54 Å². The molecule has 0 atom stereocenters. The highest BCUT2D eigenvalue weighted by Crippen LogP contribution is 2.19. The molecular formula is C7H15Br2N2O-. The van der Waals surface area contributed by atoms with E-state index >= 15 is 0 Å². The van der Waals surface area contributed by atoms with Gasteiger partial charge in [0.15, 0.2) is 0 Å². The predicted octanol–water partition coefficient (Wildman–Crippen LogP) is -6.16. The molecule has 0 aromatic rings. The zero-order valence-electron chi connectivity index (χ0n) is 7.74. The van der Waals surface area contributed by atoms with Crippen molar-refractivity contribution in [2.24, 2.45) is 0 Å². The molecule has 5 heteroatoms. The molecule has 1 fully saturated rings. The Labute approximate surface area is 94.2 Å². The first-order chi connectivity index (χ1) is 4.35. The predicted molar refractivity (Wildman–Crippen MR) is 38.6 cm³/mol. The van der Waals surface area contributed by atoms with Gasteiger partial charge in [-0.1, -0.05) is 0 Å². The summed E-state index contributed by atoms with van der Waals surface area (Å²) in [7, 11) is 0. The van der Waals surface area contributed by atoms with Gasteiger partial charge in [-0.15, -0.1) is 0 Å². The summed E-state index contributed by atoms with van der Waals surface area (Å²) in [5, 5.41) is 4.63. The number of rotatable bonds is 0. The van der Waals surface area contributed by atoms with E-state index in [-0.39, 0.29) is 51.1 Å². The lowest BCUT2D eigenvalue weighted by Crippen LogP contribution is -3.00. The smallest absolute Gasteiger partial charge is 0.414 e. The molecule has 0 saturated carbocycles. The summed E-state index contributed by atoms with van der Waals surface area (Å²) < 4.78 is 0. The molecule has 0 unspecified atom stereocenters. The first kappa shape index (κ1) is 14.9. The van der Waals surface area contributed by atoms with Gasteiger partial charge >= 0.3 is 6.03 Å². The summed E-state index contributed by atoms with van der Waals surface area (Å²) in [6, 6.07) is 0.0509. The fourth-order valence-corrected chi connectivity index (χ4v) is 1.01. The summed E-state index contributed by atoms with van der Waals surface area (Å²) in [4.78, 5) is 10.9. The van der Waals surface area contributed by atoms with Crippen LogP contribution >= 0.6 is 0 Å². The number of nitrogens with one attached hydrogen (secondary N) is 1. The Morgan fingerprint density at radius 1 is 1.17 bits per heavy atom. The molecule has 0 aromatic heterocycles. The molecule has 3 nitrogen and oxygen atoms in total. The minimum atomic E-state index is -0.0932. The third kappa shape index (κ3) is 2.44. The van der Waals surface area contributed by atoms with Crippen LogP contribution in [0.1, 0.15) is 27.7 Å². The van der Waals surface area contributed by atoms with Gasteiger partial charge < -0.3 is 34.0 Å². The average molecular weight is 303 g/mol. The highest BCUT2D eigenvalue weighted by Gasteiger charge is 2.49. The monoisotopic (exact) mass is 301 g/mol. The zero-order valence-corrected chi connectivity index (χ0v) is 10.9. The van der Waals surface area contributed by atoms with Crippen LogP contribution in [0.15, 0.2) is 0 Å². The van der Waals surface area contributed by atoms with E-state index in [2.05, 4.69) is 19.2 Å². The van der Waals surface area contributed by atoms with E-state index in [0.29, 0.717) is 0 Å². The zero-order chi connectivity index (χ0) is 7.99. The Balaban J connectivity index is 0. The summed E-state index contributed by atoms with van der Waals surface area (Å²) in [6.45, 7) is 8.19. The molecule has 1 aliphatic heterocycles. The van der Waals surface area contributed by atoms with Crippen molar-refractivity contribution < 1.29 is 44.1 Å². The summed E-state index contributed by atoms with van der Waals surface area (Å²) in [5.41, 5.74) is -0.117. The fraction of sp³-hybridized carbons (Fsp3) is 0.857. The molecule has 12 heavy (non-hydrogen) atoms. The Kier molecular flexibility index (Phi) is 5.05. The van der Waals surface area contributed by atoms with Gasteiger partial charge in [-0.3, -0.25) is 10.6 Å². The molecule has 74 valence electrons. The summed E-state index contributed by atoms with van der Waals surface area (Å²) in [6.07, 6.45) is 0. The minimum Gasteiger partial charge on any atom is -1.00 e. The van der Waals surface area contributed by atoms with Gasteiger partial charge in [-0.25, -0.2) is 4.79 Å². The van der Waals surface area contributed by atoms with Crippen molar-refractivity contribution in [1.29, 1.82) is 0 Å². The van der Waals surface area contributed by atoms with Crippen LogP contribution in [0, 0.1) is 0 Å². The van der Waals surface area contributed by atoms with Crippen molar-refractivity contribution in [3.05, 3.63) is 0 Å². The minimum absolute atomic E-state index is 0. The maximum Gasteiger partial charge on any atom is 0.414 e. The number of amides is 2. The first-order valence-corrected chi connectivity index (χ1v) is 3.53. The molecular weight excluding hydrogens is 288 g/mol. The maximum absolute atomic E-state index is 10.9. The van der Waals surface area contributed by atoms with Crippen LogP contribution < -0.4 is 44.6 Å². The number of urea groups is 1. The second-order valence-corrected chi connectivity index (χ2v) is 3.98. The van der Waals surface area contributed by atoms with E-state index in [1.165, 1.54) is 0 Å². The lowest BCUT2D eigenvalue weighted by atomic mass is 9.85. The van der Waals surface area contributed by atoms with Gasteiger partial charge in [0.05, 0.1) is 5.54 Å². The number of quaternary nitrogens is 1.